The van der Waals surface area contributed by atoms with Crippen molar-refractivity contribution in [3.63, 3.8) is 0 Å². The van der Waals surface area contributed by atoms with Crippen LogP contribution < -0.4 is 5.32 Å². The van der Waals surface area contributed by atoms with Crippen molar-refractivity contribution >= 4 is 15.9 Å². The number of nitrogens with zero attached hydrogens (tertiary/aromatic N) is 2. The van der Waals surface area contributed by atoms with E-state index >= 15 is 0 Å². The number of piperidine rings is 1. The minimum absolute atomic E-state index is 0.221. The van der Waals surface area contributed by atoms with Crippen LogP contribution in [0.5, 0.6) is 0 Å². The van der Waals surface area contributed by atoms with Crippen molar-refractivity contribution in [1.82, 2.24) is 14.6 Å². The van der Waals surface area contributed by atoms with Gasteiger partial charge in [0, 0.05) is 43.5 Å². The molecule has 6 nitrogen and oxygen atoms in total. The Hall–Kier alpha value is -2.25. The predicted octanol–water partition coefficient (Wildman–Crippen LogP) is 2.47. The number of benzene rings is 1. The second-order valence-corrected chi connectivity index (χ2v) is 8.88. The molecule has 144 valence electrons. The maximum atomic E-state index is 12.7. The highest BCUT2D eigenvalue weighted by molar-refractivity contribution is 7.89. The highest BCUT2D eigenvalue weighted by Gasteiger charge is 2.28. The van der Waals surface area contributed by atoms with Gasteiger partial charge in [-0.05, 0) is 55.2 Å². The molecule has 0 bridgehead atoms. The molecule has 0 atom stereocenters. The molecule has 7 heteroatoms. The summed E-state index contributed by atoms with van der Waals surface area (Å²) in [5, 5.41) is 2.84. The Morgan fingerprint density at radius 3 is 2.48 bits per heavy atom. The first-order valence-electron chi connectivity index (χ1n) is 9.25. The summed E-state index contributed by atoms with van der Waals surface area (Å²) in [5.74, 6) is 0.343. The first kappa shape index (κ1) is 19.5. The van der Waals surface area contributed by atoms with Crippen molar-refractivity contribution in [2.45, 2.75) is 31.1 Å². The van der Waals surface area contributed by atoms with Crippen LogP contribution in [0.15, 0.2) is 53.6 Å². The van der Waals surface area contributed by atoms with Gasteiger partial charge in [0.2, 0.25) is 10.0 Å². The van der Waals surface area contributed by atoms with E-state index in [9.17, 15) is 13.2 Å². The van der Waals surface area contributed by atoms with Crippen LogP contribution >= 0.6 is 0 Å². The quantitative estimate of drug-likeness (QED) is 0.826. The highest BCUT2D eigenvalue weighted by atomic mass is 32.2. The van der Waals surface area contributed by atoms with E-state index in [1.165, 1.54) is 16.4 Å². The van der Waals surface area contributed by atoms with Gasteiger partial charge < -0.3 is 5.32 Å². The largest absolute Gasteiger partial charge is 0.352 e. The van der Waals surface area contributed by atoms with Gasteiger partial charge >= 0.3 is 0 Å². The second kappa shape index (κ2) is 8.63. The van der Waals surface area contributed by atoms with E-state index in [0.29, 0.717) is 37.5 Å². The van der Waals surface area contributed by atoms with Crippen molar-refractivity contribution in [2.75, 3.05) is 19.6 Å². The molecule has 0 saturated carbocycles. The summed E-state index contributed by atoms with van der Waals surface area (Å²) in [6.45, 7) is 3.73. The number of amides is 1. The molecular formula is C20H25N3O3S. The molecule has 1 amide bonds. The third-order valence-electron chi connectivity index (χ3n) is 4.89. The lowest BCUT2D eigenvalue weighted by molar-refractivity contribution is 0.0954. The Labute approximate surface area is 160 Å². The van der Waals surface area contributed by atoms with Crippen LogP contribution in [0.25, 0.3) is 0 Å². The molecular weight excluding hydrogens is 362 g/mol. The van der Waals surface area contributed by atoms with Gasteiger partial charge in [0.1, 0.15) is 0 Å². The number of sulfonamides is 1. The van der Waals surface area contributed by atoms with Crippen LogP contribution in [0.4, 0.5) is 0 Å². The Bertz CT molecular complexity index is 859. The van der Waals surface area contributed by atoms with Crippen molar-refractivity contribution in [3.8, 4) is 0 Å². The van der Waals surface area contributed by atoms with E-state index in [4.69, 9.17) is 0 Å². The topological polar surface area (TPSA) is 79.4 Å². The van der Waals surface area contributed by atoms with E-state index in [1.54, 1.807) is 18.3 Å². The zero-order valence-electron chi connectivity index (χ0n) is 15.5. The van der Waals surface area contributed by atoms with E-state index in [0.717, 1.165) is 18.5 Å². The van der Waals surface area contributed by atoms with Gasteiger partial charge in [-0.25, -0.2) is 8.42 Å². The lowest BCUT2D eigenvalue weighted by Crippen LogP contribution is -2.37. The molecule has 0 spiro atoms. The molecule has 1 aliphatic rings. The average Bonchev–Trinajstić information content (AvgIpc) is 2.69. The summed E-state index contributed by atoms with van der Waals surface area (Å²) in [6.07, 6.45) is 4.14. The molecule has 0 unspecified atom stereocenters. The normalized spacial score (nSPS) is 16.2. The summed E-state index contributed by atoms with van der Waals surface area (Å²) < 4.78 is 27.0. The minimum Gasteiger partial charge on any atom is -0.352 e. The van der Waals surface area contributed by atoms with E-state index in [2.05, 4.69) is 17.2 Å². The summed E-state index contributed by atoms with van der Waals surface area (Å²) in [4.78, 5) is 16.7. The van der Waals surface area contributed by atoms with Crippen LogP contribution in [0, 0.1) is 5.92 Å². The Morgan fingerprint density at radius 1 is 1.15 bits per heavy atom. The van der Waals surface area contributed by atoms with Crippen LogP contribution in [-0.4, -0.2) is 43.2 Å². The number of hydrogen-bond acceptors (Lipinski definition) is 4. The number of pyridine rings is 1. The highest BCUT2D eigenvalue weighted by Crippen LogP contribution is 2.23. The van der Waals surface area contributed by atoms with Crippen LogP contribution in [0.2, 0.25) is 0 Å². The molecule has 1 fully saturated rings. The first-order valence-corrected chi connectivity index (χ1v) is 10.7. The lowest BCUT2D eigenvalue weighted by Gasteiger charge is -2.29. The molecule has 27 heavy (non-hydrogen) atoms. The molecule has 0 aliphatic carbocycles. The van der Waals surface area contributed by atoms with E-state index in [-0.39, 0.29) is 10.8 Å². The van der Waals surface area contributed by atoms with E-state index in [1.807, 2.05) is 18.2 Å². The molecule has 1 aromatic heterocycles. The van der Waals surface area contributed by atoms with Crippen molar-refractivity contribution in [2.24, 2.45) is 5.92 Å². The van der Waals surface area contributed by atoms with Gasteiger partial charge in [-0.1, -0.05) is 13.0 Å². The first-order chi connectivity index (χ1) is 13.0. The molecule has 1 saturated heterocycles. The zero-order valence-corrected chi connectivity index (χ0v) is 16.3. The van der Waals surface area contributed by atoms with Crippen LogP contribution in [0.3, 0.4) is 0 Å². The third-order valence-corrected chi connectivity index (χ3v) is 6.80. The molecule has 2 aromatic rings. The third kappa shape index (κ3) is 4.93. The predicted molar refractivity (Wildman–Crippen MR) is 104 cm³/mol. The summed E-state index contributed by atoms with van der Waals surface area (Å²) in [5.41, 5.74) is 1.36. The van der Waals surface area contributed by atoms with Crippen LogP contribution in [0.1, 0.15) is 35.8 Å². The number of nitrogens with one attached hydrogen (secondary N) is 1. The molecule has 1 aliphatic heterocycles. The fourth-order valence-corrected chi connectivity index (χ4v) is 4.57. The SMILES string of the molecule is CC1CCN(S(=O)(=O)c2ccc(C(=O)NCCc3ccccn3)cc2)CC1. The van der Waals surface area contributed by atoms with Gasteiger partial charge in [-0.3, -0.25) is 9.78 Å². The molecule has 0 radical (unpaired) electrons. The Balaban J connectivity index is 1.58. The number of carbonyl (C=O) groups excluding carboxylic acids is 1. The van der Waals surface area contributed by atoms with Crippen molar-refractivity contribution < 1.29 is 13.2 Å². The fraction of sp³-hybridized carbons (Fsp3) is 0.400. The zero-order chi connectivity index (χ0) is 19.3. The average molecular weight is 388 g/mol. The molecule has 1 N–H and O–H groups in total. The number of rotatable bonds is 6. The summed E-state index contributed by atoms with van der Waals surface area (Å²) in [7, 11) is -3.49. The minimum atomic E-state index is -3.49. The fourth-order valence-electron chi connectivity index (χ4n) is 3.10. The molecule has 1 aromatic carbocycles. The number of hydrogen-bond donors (Lipinski definition) is 1. The van der Waals surface area contributed by atoms with Gasteiger partial charge in [0.25, 0.3) is 5.91 Å². The van der Waals surface area contributed by atoms with Gasteiger partial charge in [0.15, 0.2) is 0 Å². The van der Waals surface area contributed by atoms with Gasteiger partial charge in [0.05, 0.1) is 4.90 Å². The standard InChI is InChI=1S/C20H25N3O3S/c1-16-10-14-23(15-11-16)27(25,26)19-7-5-17(6-8-19)20(24)22-13-9-18-4-2-3-12-21-18/h2-8,12,16H,9-11,13-15H2,1H3,(H,22,24). The summed E-state index contributed by atoms with van der Waals surface area (Å²) in [6, 6.07) is 11.8. The smallest absolute Gasteiger partial charge is 0.251 e. The summed E-state index contributed by atoms with van der Waals surface area (Å²) >= 11 is 0. The van der Waals surface area contributed by atoms with Crippen molar-refractivity contribution in [1.29, 1.82) is 0 Å². The van der Waals surface area contributed by atoms with Gasteiger partial charge in [-0.2, -0.15) is 4.31 Å². The Kier molecular flexibility index (Phi) is 6.23. The number of aromatic nitrogens is 1. The maximum absolute atomic E-state index is 12.7. The van der Waals surface area contributed by atoms with Gasteiger partial charge in [-0.15, -0.1) is 0 Å². The Morgan fingerprint density at radius 2 is 1.85 bits per heavy atom. The maximum Gasteiger partial charge on any atom is 0.251 e. The second-order valence-electron chi connectivity index (χ2n) is 6.94. The molecule has 3 rings (SSSR count). The lowest BCUT2D eigenvalue weighted by atomic mass is 10.0. The van der Waals surface area contributed by atoms with E-state index < -0.39 is 10.0 Å². The molecule has 2 heterocycles. The van der Waals surface area contributed by atoms with Crippen LogP contribution in [-0.2, 0) is 16.4 Å². The van der Waals surface area contributed by atoms with Crippen molar-refractivity contribution in [3.05, 3.63) is 59.9 Å². The number of carbonyl (C=O) groups is 1. The monoisotopic (exact) mass is 387 g/mol.